The Morgan fingerprint density at radius 3 is 2.60 bits per heavy atom. The van der Waals surface area contributed by atoms with Gasteiger partial charge in [-0.25, -0.2) is 0 Å². The molecule has 0 saturated heterocycles. The second kappa shape index (κ2) is 4.48. The van der Waals surface area contributed by atoms with Gasteiger partial charge in [0.1, 0.15) is 0 Å². The van der Waals surface area contributed by atoms with Gasteiger partial charge in [-0.05, 0) is 0 Å². The molecule has 1 aliphatic rings. The Labute approximate surface area is 96.6 Å². The van der Waals surface area contributed by atoms with Crippen LogP contribution in [0.2, 0.25) is 4.82 Å². The molecule has 3 heteroatoms. The quantitative estimate of drug-likeness (QED) is 0.776. The number of rotatable bonds is 1. The van der Waals surface area contributed by atoms with E-state index in [9.17, 15) is 5.11 Å². The van der Waals surface area contributed by atoms with Crippen molar-refractivity contribution in [2.75, 3.05) is 0 Å². The minimum atomic E-state index is -0.494. The molecule has 0 unspecified atom stereocenters. The molecule has 1 aromatic carbocycles. The van der Waals surface area contributed by atoms with E-state index in [0.29, 0.717) is 19.8 Å². The molecule has 1 aliphatic heterocycles. The van der Waals surface area contributed by atoms with Crippen LogP contribution in [0.1, 0.15) is 24.5 Å². The van der Waals surface area contributed by atoms with Crippen molar-refractivity contribution in [3.05, 3.63) is 35.4 Å². The topological polar surface area (TPSA) is 32.6 Å². The van der Waals surface area contributed by atoms with E-state index in [0.717, 1.165) is 11.0 Å². The molecule has 0 saturated carbocycles. The Kier molecular flexibility index (Phi) is 3.25. The number of benzene rings is 1. The SMILES string of the molecule is Cc1ccc(C2=N[C@H](O)C[C@H](C)[Se]2)cc1. The van der Waals surface area contributed by atoms with E-state index in [2.05, 4.69) is 43.1 Å². The Hall–Kier alpha value is -0.631. The van der Waals surface area contributed by atoms with Crippen molar-refractivity contribution in [3.63, 3.8) is 0 Å². The van der Waals surface area contributed by atoms with Crippen molar-refractivity contribution < 1.29 is 5.11 Å². The van der Waals surface area contributed by atoms with Gasteiger partial charge in [-0.3, -0.25) is 0 Å². The summed E-state index contributed by atoms with van der Waals surface area (Å²) in [5, 5.41) is 9.59. The molecule has 80 valence electrons. The molecule has 0 amide bonds. The molecule has 0 bridgehead atoms. The molecule has 2 rings (SSSR count). The van der Waals surface area contributed by atoms with Gasteiger partial charge in [0.2, 0.25) is 0 Å². The molecule has 0 fully saturated rings. The number of aliphatic hydroxyl groups excluding tert-OH is 1. The van der Waals surface area contributed by atoms with Gasteiger partial charge in [0, 0.05) is 0 Å². The number of nitrogens with zero attached hydrogens (tertiary/aromatic N) is 1. The fourth-order valence-corrected chi connectivity index (χ4v) is 3.91. The molecule has 1 heterocycles. The summed E-state index contributed by atoms with van der Waals surface area (Å²) < 4.78 is 1.11. The van der Waals surface area contributed by atoms with Crippen LogP contribution in [0.25, 0.3) is 0 Å². The Bertz CT molecular complexity index is 372. The van der Waals surface area contributed by atoms with Crippen molar-refractivity contribution in [3.8, 4) is 0 Å². The van der Waals surface area contributed by atoms with Crippen LogP contribution in [0.3, 0.4) is 0 Å². The Morgan fingerprint density at radius 1 is 1.33 bits per heavy atom. The van der Waals surface area contributed by atoms with E-state index >= 15 is 0 Å². The second-order valence-electron chi connectivity index (χ2n) is 3.95. The van der Waals surface area contributed by atoms with E-state index in [-0.39, 0.29) is 0 Å². The summed E-state index contributed by atoms with van der Waals surface area (Å²) in [5.41, 5.74) is 2.43. The number of aliphatic hydroxyl groups is 1. The molecule has 0 aromatic heterocycles. The zero-order valence-corrected chi connectivity index (χ0v) is 10.7. The Morgan fingerprint density at radius 2 is 2.00 bits per heavy atom. The van der Waals surface area contributed by atoms with E-state index in [1.165, 1.54) is 11.1 Å². The molecule has 1 aromatic rings. The van der Waals surface area contributed by atoms with Gasteiger partial charge in [-0.1, -0.05) is 0 Å². The second-order valence-corrected chi connectivity index (χ2v) is 6.94. The van der Waals surface area contributed by atoms with Crippen LogP contribution >= 0.6 is 0 Å². The van der Waals surface area contributed by atoms with Gasteiger partial charge in [0.15, 0.2) is 0 Å². The summed E-state index contributed by atoms with van der Waals surface area (Å²) in [4.78, 5) is 4.92. The molecule has 2 atom stereocenters. The van der Waals surface area contributed by atoms with Crippen LogP contribution in [0.15, 0.2) is 29.3 Å². The number of aryl methyl sites for hydroxylation is 1. The zero-order valence-electron chi connectivity index (χ0n) is 8.97. The average Bonchev–Trinajstić information content (AvgIpc) is 2.17. The van der Waals surface area contributed by atoms with Crippen molar-refractivity contribution in [1.29, 1.82) is 0 Å². The fraction of sp³-hybridized carbons (Fsp3) is 0.417. The summed E-state index contributed by atoms with van der Waals surface area (Å²) in [7, 11) is 0. The van der Waals surface area contributed by atoms with Crippen LogP contribution in [0, 0.1) is 6.92 Å². The van der Waals surface area contributed by atoms with Gasteiger partial charge in [-0.15, -0.1) is 0 Å². The summed E-state index contributed by atoms with van der Waals surface area (Å²) >= 11 is 0.397. The monoisotopic (exact) mass is 269 g/mol. The average molecular weight is 268 g/mol. The van der Waals surface area contributed by atoms with Crippen LogP contribution in [-0.2, 0) is 0 Å². The molecule has 0 radical (unpaired) electrons. The summed E-state index contributed by atoms with van der Waals surface area (Å²) in [6, 6.07) is 8.39. The summed E-state index contributed by atoms with van der Waals surface area (Å²) in [5.74, 6) is 0. The van der Waals surface area contributed by atoms with Crippen LogP contribution in [0.4, 0.5) is 0 Å². The fourth-order valence-electron chi connectivity index (χ4n) is 1.59. The molecular formula is C12H15NOSe. The third kappa shape index (κ3) is 2.69. The normalized spacial score (nSPS) is 26.2. The standard InChI is InChI=1S/C12H15NOSe/c1-8-3-5-10(6-4-8)12-13-11(14)7-9(2)15-12/h3-6,9,11,14H,7H2,1-2H3/t9-,11+/m0/s1. The molecule has 2 nitrogen and oxygen atoms in total. The van der Waals surface area contributed by atoms with Gasteiger partial charge < -0.3 is 0 Å². The maximum absolute atomic E-state index is 9.59. The maximum atomic E-state index is 9.59. The summed E-state index contributed by atoms with van der Waals surface area (Å²) in [6.45, 7) is 4.27. The van der Waals surface area contributed by atoms with Crippen molar-refractivity contribution in [2.24, 2.45) is 4.99 Å². The van der Waals surface area contributed by atoms with Crippen LogP contribution in [0.5, 0.6) is 0 Å². The van der Waals surface area contributed by atoms with E-state index < -0.39 is 6.23 Å². The minimum absolute atomic E-state index is 0.397. The van der Waals surface area contributed by atoms with E-state index in [1.807, 2.05) is 0 Å². The van der Waals surface area contributed by atoms with Crippen molar-refractivity contribution >= 4 is 19.6 Å². The Balaban J connectivity index is 2.26. The zero-order chi connectivity index (χ0) is 10.8. The van der Waals surface area contributed by atoms with Gasteiger partial charge in [-0.2, -0.15) is 0 Å². The number of hydrogen-bond acceptors (Lipinski definition) is 2. The predicted octanol–water partition coefficient (Wildman–Crippen LogP) is 1.98. The third-order valence-electron chi connectivity index (χ3n) is 2.42. The molecule has 0 aliphatic carbocycles. The number of aliphatic imine (C=N–C) groups is 1. The first-order valence-corrected chi connectivity index (χ1v) is 6.99. The van der Waals surface area contributed by atoms with Crippen molar-refractivity contribution in [2.45, 2.75) is 31.3 Å². The van der Waals surface area contributed by atoms with Gasteiger partial charge >= 0.3 is 96.4 Å². The van der Waals surface area contributed by atoms with Crippen LogP contribution < -0.4 is 0 Å². The number of hydrogen-bond donors (Lipinski definition) is 1. The first-order chi connectivity index (χ1) is 7.15. The molecule has 0 spiro atoms. The van der Waals surface area contributed by atoms with Crippen molar-refractivity contribution in [1.82, 2.24) is 0 Å². The molecule has 1 N–H and O–H groups in total. The first-order valence-electron chi connectivity index (χ1n) is 5.15. The molecular weight excluding hydrogens is 253 g/mol. The first kappa shape index (κ1) is 10.9. The predicted molar refractivity (Wildman–Crippen MR) is 63.5 cm³/mol. The van der Waals surface area contributed by atoms with Gasteiger partial charge in [0.25, 0.3) is 0 Å². The van der Waals surface area contributed by atoms with Crippen LogP contribution in [-0.4, -0.2) is 30.9 Å². The van der Waals surface area contributed by atoms with E-state index in [4.69, 9.17) is 0 Å². The molecule has 15 heavy (non-hydrogen) atoms. The summed E-state index contributed by atoms with van der Waals surface area (Å²) in [6.07, 6.45) is 0.321. The third-order valence-corrected chi connectivity index (χ3v) is 4.85. The van der Waals surface area contributed by atoms with Gasteiger partial charge in [0.05, 0.1) is 0 Å². The van der Waals surface area contributed by atoms with E-state index in [1.54, 1.807) is 0 Å².